The average Bonchev–Trinajstić information content (AvgIpc) is 3.45. The van der Waals surface area contributed by atoms with E-state index in [1.165, 1.54) is 22.5 Å². The second kappa shape index (κ2) is 8.47. The number of aryl methyl sites for hydroxylation is 2. The molecule has 3 aromatic rings. The Morgan fingerprint density at radius 2 is 2.07 bits per heavy atom. The topological polar surface area (TPSA) is 62.3 Å². The number of thiazole rings is 1. The van der Waals surface area contributed by atoms with Crippen LogP contribution in [0.2, 0.25) is 0 Å². The summed E-state index contributed by atoms with van der Waals surface area (Å²) in [4.78, 5) is 32.8. The van der Waals surface area contributed by atoms with Gasteiger partial charge in [-0.25, -0.2) is 4.98 Å². The van der Waals surface area contributed by atoms with Gasteiger partial charge in [-0.15, -0.1) is 22.7 Å². The van der Waals surface area contributed by atoms with Crippen LogP contribution in [0.4, 0.5) is 5.13 Å². The number of amides is 2. The number of nitrogens with zero attached hydrogens (tertiary/aromatic N) is 2. The van der Waals surface area contributed by atoms with E-state index in [4.69, 9.17) is 0 Å². The lowest BCUT2D eigenvalue weighted by Gasteiger charge is -2.23. The number of thiophene rings is 1. The van der Waals surface area contributed by atoms with Crippen molar-refractivity contribution in [2.24, 2.45) is 0 Å². The number of carbonyl (C=O) groups is 2. The van der Waals surface area contributed by atoms with Crippen molar-refractivity contribution in [1.82, 2.24) is 9.88 Å². The van der Waals surface area contributed by atoms with E-state index < -0.39 is 6.04 Å². The van der Waals surface area contributed by atoms with Gasteiger partial charge in [-0.1, -0.05) is 18.2 Å². The van der Waals surface area contributed by atoms with E-state index in [1.807, 2.05) is 29.0 Å². The fraction of sp³-hybridized carbons (Fsp3) is 0.318. The Morgan fingerprint density at radius 3 is 2.83 bits per heavy atom. The van der Waals surface area contributed by atoms with Gasteiger partial charge in [0, 0.05) is 22.4 Å². The zero-order chi connectivity index (χ0) is 20.4. The SMILES string of the molecule is Cc1ccc(-c2csc(NC(=O)C3CCCN3C(=O)Cc3cccs3)n2)cc1C. The van der Waals surface area contributed by atoms with Crippen LogP contribution < -0.4 is 5.32 Å². The van der Waals surface area contributed by atoms with Gasteiger partial charge >= 0.3 is 0 Å². The molecule has 3 heterocycles. The molecule has 1 fully saturated rings. The van der Waals surface area contributed by atoms with Crippen molar-refractivity contribution in [2.75, 3.05) is 11.9 Å². The summed E-state index contributed by atoms with van der Waals surface area (Å²) in [5.74, 6) is -0.136. The third-order valence-electron chi connectivity index (χ3n) is 5.32. The van der Waals surface area contributed by atoms with Gasteiger partial charge < -0.3 is 10.2 Å². The Bertz CT molecular complexity index is 1030. The van der Waals surface area contributed by atoms with E-state index in [0.29, 0.717) is 24.5 Å². The summed E-state index contributed by atoms with van der Waals surface area (Å²) in [6.07, 6.45) is 1.90. The second-order valence-corrected chi connectivity index (χ2v) is 9.22. The van der Waals surface area contributed by atoms with Gasteiger partial charge in [0.05, 0.1) is 12.1 Å². The summed E-state index contributed by atoms with van der Waals surface area (Å²) in [6.45, 7) is 4.79. The van der Waals surface area contributed by atoms with E-state index in [9.17, 15) is 9.59 Å². The van der Waals surface area contributed by atoms with Gasteiger partial charge in [0.15, 0.2) is 5.13 Å². The molecule has 4 rings (SSSR count). The van der Waals surface area contributed by atoms with E-state index in [1.54, 1.807) is 16.2 Å². The van der Waals surface area contributed by atoms with Gasteiger partial charge in [0.1, 0.15) is 6.04 Å². The first-order valence-corrected chi connectivity index (χ1v) is 11.4. The number of anilines is 1. The monoisotopic (exact) mass is 425 g/mol. The Hall–Kier alpha value is -2.51. The lowest BCUT2D eigenvalue weighted by atomic mass is 10.1. The molecule has 0 aliphatic carbocycles. The first-order valence-electron chi connectivity index (χ1n) is 9.67. The van der Waals surface area contributed by atoms with Crippen molar-refractivity contribution in [2.45, 2.75) is 39.2 Å². The zero-order valence-corrected chi connectivity index (χ0v) is 18.1. The van der Waals surface area contributed by atoms with Gasteiger partial charge in [0.25, 0.3) is 0 Å². The normalized spacial score (nSPS) is 16.2. The van der Waals surface area contributed by atoms with E-state index in [0.717, 1.165) is 22.6 Å². The van der Waals surface area contributed by atoms with Gasteiger partial charge in [0.2, 0.25) is 11.8 Å². The maximum absolute atomic E-state index is 12.8. The minimum absolute atomic E-state index is 0.0139. The van der Waals surface area contributed by atoms with E-state index >= 15 is 0 Å². The molecule has 1 unspecified atom stereocenters. The summed E-state index contributed by atoms with van der Waals surface area (Å²) >= 11 is 2.98. The number of aromatic nitrogens is 1. The number of carbonyl (C=O) groups excluding carboxylic acids is 2. The summed E-state index contributed by atoms with van der Waals surface area (Å²) < 4.78 is 0. The standard InChI is InChI=1S/C22H23N3O2S2/c1-14-7-8-16(11-15(14)2)18-13-29-22(23-18)24-21(27)19-6-3-9-25(19)20(26)12-17-5-4-10-28-17/h4-5,7-8,10-11,13,19H,3,6,9,12H2,1-2H3,(H,23,24,27). The molecular formula is C22H23N3O2S2. The largest absolute Gasteiger partial charge is 0.330 e. The fourth-order valence-electron chi connectivity index (χ4n) is 3.55. The molecular weight excluding hydrogens is 402 g/mol. The predicted octanol–water partition coefficient (Wildman–Crippen LogP) is 4.66. The van der Waals surface area contributed by atoms with Gasteiger partial charge in [-0.3, -0.25) is 9.59 Å². The smallest absolute Gasteiger partial charge is 0.248 e. The highest BCUT2D eigenvalue weighted by atomic mass is 32.1. The van der Waals surface area contributed by atoms with Gasteiger partial charge in [-0.2, -0.15) is 0 Å². The van der Waals surface area contributed by atoms with Crippen LogP contribution in [0.3, 0.4) is 0 Å². The van der Waals surface area contributed by atoms with Crippen molar-refractivity contribution < 1.29 is 9.59 Å². The van der Waals surface area contributed by atoms with Crippen LogP contribution in [0.25, 0.3) is 11.3 Å². The molecule has 1 aliphatic heterocycles. The van der Waals surface area contributed by atoms with Crippen molar-refractivity contribution in [1.29, 1.82) is 0 Å². The zero-order valence-electron chi connectivity index (χ0n) is 16.5. The first-order chi connectivity index (χ1) is 14.0. The van der Waals surface area contributed by atoms with Crippen LogP contribution in [0.1, 0.15) is 28.8 Å². The number of benzene rings is 1. The molecule has 1 atom stereocenters. The lowest BCUT2D eigenvalue weighted by molar-refractivity contribution is -0.136. The molecule has 2 amide bonds. The van der Waals surface area contributed by atoms with Crippen molar-refractivity contribution in [3.63, 3.8) is 0 Å². The summed E-state index contributed by atoms with van der Waals surface area (Å²) in [6, 6.07) is 9.71. The Morgan fingerprint density at radius 1 is 1.21 bits per heavy atom. The van der Waals surface area contributed by atoms with E-state index in [2.05, 4.69) is 36.3 Å². The van der Waals surface area contributed by atoms with Crippen LogP contribution in [0.15, 0.2) is 41.1 Å². The van der Waals surface area contributed by atoms with Crippen LogP contribution in [0, 0.1) is 13.8 Å². The number of likely N-dealkylation sites (tertiary alicyclic amines) is 1. The van der Waals surface area contributed by atoms with Crippen molar-refractivity contribution in [3.05, 3.63) is 57.1 Å². The van der Waals surface area contributed by atoms with E-state index in [-0.39, 0.29) is 11.8 Å². The minimum atomic E-state index is -0.420. The Kier molecular flexibility index (Phi) is 5.78. The number of hydrogen-bond acceptors (Lipinski definition) is 5. The molecule has 0 bridgehead atoms. The molecule has 0 radical (unpaired) electrons. The average molecular weight is 426 g/mol. The van der Waals surface area contributed by atoms with Crippen LogP contribution in [0.5, 0.6) is 0 Å². The maximum Gasteiger partial charge on any atom is 0.248 e. The molecule has 1 aromatic carbocycles. The molecule has 0 saturated carbocycles. The highest BCUT2D eigenvalue weighted by Crippen LogP contribution is 2.28. The van der Waals surface area contributed by atoms with Crippen molar-refractivity contribution in [3.8, 4) is 11.3 Å². The molecule has 2 aromatic heterocycles. The van der Waals surface area contributed by atoms with Crippen molar-refractivity contribution >= 4 is 39.6 Å². The molecule has 0 spiro atoms. The minimum Gasteiger partial charge on any atom is -0.330 e. The quantitative estimate of drug-likeness (QED) is 0.647. The molecule has 5 nitrogen and oxygen atoms in total. The summed E-state index contributed by atoms with van der Waals surface area (Å²) in [5, 5.41) is 7.41. The lowest BCUT2D eigenvalue weighted by Crippen LogP contribution is -2.43. The summed E-state index contributed by atoms with van der Waals surface area (Å²) in [7, 11) is 0. The third kappa shape index (κ3) is 4.41. The molecule has 1 aliphatic rings. The third-order valence-corrected chi connectivity index (χ3v) is 6.95. The predicted molar refractivity (Wildman–Crippen MR) is 118 cm³/mol. The Balaban J connectivity index is 1.42. The number of rotatable bonds is 5. The molecule has 7 heteroatoms. The highest BCUT2D eigenvalue weighted by molar-refractivity contribution is 7.14. The fourth-order valence-corrected chi connectivity index (χ4v) is 4.97. The molecule has 1 N–H and O–H groups in total. The van der Waals surface area contributed by atoms with Crippen LogP contribution >= 0.6 is 22.7 Å². The molecule has 29 heavy (non-hydrogen) atoms. The number of hydrogen-bond donors (Lipinski definition) is 1. The molecule has 1 saturated heterocycles. The van der Waals surface area contributed by atoms with Crippen LogP contribution in [-0.4, -0.2) is 34.3 Å². The van der Waals surface area contributed by atoms with Gasteiger partial charge in [-0.05, 0) is 55.3 Å². The Labute approximate surface area is 178 Å². The van der Waals surface area contributed by atoms with Crippen LogP contribution in [-0.2, 0) is 16.0 Å². The second-order valence-electron chi connectivity index (χ2n) is 7.33. The molecule has 150 valence electrons. The first kappa shape index (κ1) is 19.8. The highest BCUT2D eigenvalue weighted by Gasteiger charge is 2.34. The maximum atomic E-state index is 12.8. The number of nitrogens with one attached hydrogen (secondary N) is 1. The summed E-state index contributed by atoms with van der Waals surface area (Å²) in [5.41, 5.74) is 4.35.